The normalized spacial score (nSPS) is 31.9. The van der Waals surface area contributed by atoms with Crippen LogP contribution in [0.25, 0.3) is 0 Å². The number of nitrogens with one attached hydrogen (secondary N) is 1. The molecule has 1 aliphatic heterocycles. The zero-order chi connectivity index (χ0) is 11.7. The fraction of sp³-hybridized carbons (Fsp3) is 0.875. The molecular weight excluding hydrogens is 215 g/mol. The van der Waals surface area contributed by atoms with Crippen molar-refractivity contribution in [3.05, 3.63) is 0 Å². The summed E-state index contributed by atoms with van der Waals surface area (Å²) in [6, 6.07) is 0. The summed E-state index contributed by atoms with van der Waals surface area (Å²) in [6.07, 6.45) is -5.15. The zero-order valence-electron chi connectivity index (χ0n) is 8.10. The molecule has 2 atom stereocenters. The smallest absolute Gasteiger partial charge is 0.401 e. The van der Waals surface area contributed by atoms with E-state index in [1.54, 1.807) is 0 Å². The molecule has 0 aromatic heterocycles. The summed E-state index contributed by atoms with van der Waals surface area (Å²) in [4.78, 5) is 10.9. The molecule has 0 amide bonds. The average Bonchev–Trinajstić information content (AvgIpc) is 2.43. The maximum absolute atomic E-state index is 12.0. The van der Waals surface area contributed by atoms with Crippen LogP contribution in [0.4, 0.5) is 13.2 Å². The monoisotopic (exact) mass is 227 g/mol. The molecule has 2 N–H and O–H groups in total. The van der Waals surface area contributed by atoms with Gasteiger partial charge in [-0.3, -0.25) is 10.1 Å². The quantitative estimate of drug-likeness (QED) is 0.747. The molecule has 0 aromatic carbocycles. The second kappa shape index (κ2) is 3.97. The van der Waals surface area contributed by atoms with Gasteiger partial charge in [0.1, 0.15) is 5.54 Å². The number of carbonyl (C=O) groups is 1. The van der Waals surface area contributed by atoms with Gasteiger partial charge in [0.05, 0.1) is 12.6 Å². The van der Waals surface area contributed by atoms with Gasteiger partial charge >= 0.3 is 12.1 Å². The van der Waals surface area contributed by atoms with Crippen molar-refractivity contribution in [1.29, 1.82) is 0 Å². The highest BCUT2D eigenvalue weighted by atomic mass is 19.4. The van der Waals surface area contributed by atoms with Gasteiger partial charge in [-0.05, 0) is 6.92 Å². The van der Waals surface area contributed by atoms with Crippen LogP contribution in [-0.2, 0) is 9.53 Å². The van der Waals surface area contributed by atoms with Gasteiger partial charge in [0.25, 0.3) is 0 Å². The lowest BCUT2D eigenvalue weighted by Gasteiger charge is -2.29. The first kappa shape index (κ1) is 12.3. The molecule has 1 fully saturated rings. The Kier molecular flexibility index (Phi) is 3.25. The lowest BCUT2D eigenvalue weighted by Crippen LogP contribution is -2.58. The van der Waals surface area contributed by atoms with E-state index < -0.39 is 30.3 Å². The summed E-state index contributed by atoms with van der Waals surface area (Å²) in [5.74, 6) is -1.31. The minimum atomic E-state index is -4.43. The van der Waals surface area contributed by atoms with Gasteiger partial charge in [-0.2, -0.15) is 13.2 Å². The second-order valence-electron chi connectivity index (χ2n) is 3.51. The lowest BCUT2D eigenvalue weighted by molar-refractivity contribution is -0.152. The van der Waals surface area contributed by atoms with E-state index in [1.165, 1.54) is 6.92 Å². The van der Waals surface area contributed by atoms with Crippen LogP contribution in [0.3, 0.4) is 0 Å². The molecule has 1 aliphatic rings. The summed E-state index contributed by atoms with van der Waals surface area (Å²) in [5, 5.41) is 11.0. The minimum Gasteiger partial charge on any atom is -0.480 e. The number of aliphatic carboxylic acids is 1. The maximum Gasteiger partial charge on any atom is 0.401 e. The number of halogens is 3. The lowest BCUT2D eigenvalue weighted by atomic mass is 9.92. The Labute approximate surface area is 84.4 Å². The number of carboxylic acids is 1. The van der Waals surface area contributed by atoms with Gasteiger partial charge in [0.2, 0.25) is 0 Å². The van der Waals surface area contributed by atoms with Gasteiger partial charge in [-0.15, -0.1) is 0 Å². The Morgan fingerprint density at radius 1 is 1.67 bits per heavy atom. The van der Waals surface area contributed by atoms with E-state index in [9.17, 15) is 18.0 Å². The van der Waals surface area contributed by atoms with E-state index in [0.29, 0.717) is 0 Å². The summed E-state index contributed by atoms with van der Waals surface area (Å²) >= 11 is 0. The van der Waals surface area contributed by atoms with E-state index in [-0.39, 0.29) is 13.0 Å². The first-order valence-corrected chi connectivity index (χ1v) is 4.45. The Balaban J connectivity index is 2.71. The van der Waals surface area contributed by atoms with Gasteiger partial charge in [0, 0.05) is 13.0 Å². The van der Waals surface area contributed by atoms with Crippen molar-refractivity contribution in [3.63, 3.8) is 0 Å². The van der Waals surface area contributed by atoms with E-state index in [4.69, 9.17) is 9.84 Å². The summed E-state index contributed by atoms with van der Waals surface area (Å²) in [5.41, 5.74) is -1.62. The van der Waals surface area contributed by atoms with Crippen molar-refractivity contribution in [2.45, 2.75) is 31.2 Å². The SMILES string of the molecule is CC1OCCC1(NCC(F)(F)F)C(=O)O. The van der Waals surface area contributed by atoms with Gasteiger partial charge in [-0.1, -0.05) is 0 Å². The van der Waals surface area contributed by atoms with Gasteiger partial charge in [0.15, 0.2) is 0 Å². The molecule has 2 unspecified atom stereocenters. The number of ether oxygens (including phenoxy) is 1. The van der Waals surface area contributed by atoms with Gasteiger partial charge < -0.3 is 9.84 Å². The largest absolute Gasteiger partial charge is 0.480 e. The van der Waals surface area contributed by atoms with Crippen molar-refractivity contribution in [2.24, 2.45) is 0 Å². The van der Waals surface area contributed by atoms with Crippen molar-refractivity contribution in [2.75, 3.05) is 13.2 Å². The first-order valence-electron chi connectivity index (χ1n) is 4.45. The first-order chi connectivity index (χ1) is 6.78. The molecule has 7 heteroatoms. The molecule has 0 saturated carbocycles. The number of hydrogen-bond acceptors (Lipinski definition) is 3. The fourth-order valence-corrected chi connectivity index (χ4v) is 1.59. The van der Waals surface area contributed by atoms with Crippen molar-refractivity contribution in [1.82, 2.24) is 5.32 Å². The highest BCUT2D eigenvalue weighted by Gasteiger charge is 2.49. The van der Waals surface area contributed by atoms with Crippen LogP contribution in [0.1, 0.15) is 13.3 Å². The Morgan fingerprint density at radius 2 is 2.27 bits per heavy atom. The molecule has 0 aliphatic carbocycles. The average molecular weight is 227 g/mol. The molecule has 4 nitrogen and oxygen atoms in total. The highest BCUT2D eigenvalue weighted by Crippen LogP contribution is 2.27. The predicted octanol–water partition coefficient (Wildman–Crippen LogP) is 0.771. The van der Waals surface area contributed by atoms with Crippen LogP contribution in [0.5, 0.6) is 0 Å². The standard InChI is InChI=1S/C8H12F3NO3/c1-5-7(6(13)14,2-3-15-5)12-4-8(9,10)11/h5,12H,2-4H2,1H3,(H,13,14). The Morgan fingerprint density at radius 3 is 2.60 bits per heavy atom. The van der Waals surface area contributed by atoms with Crippen molar-refractivity contribution in [3.8, 4) is 0 Å². The molecule has 1 saturated heterocycles. The Bertz CT molecular complexity index is 256. The molecule has 1 rings (SSSR count). The third kappa shape index (κ3) is 2.60. The van der Waals surface area contributed by atoms with Crippen LogP contribution in [0.15, 0.2) is 0 Å². The molecule has 15 heavy (non-hydrogen) atoms. The molecule has 0 bridgehead atoms. The molecular formula is C8H12F3NO3. The Hall–Kier alpha value is -0.820. The summed E-state index contributed by atoms with van der Waals surface area (Å²) < 4.78 is 40.9. The van der Waals surface area contributed by atoms with Crippen LogP contribution in [0.2, 0.25) is 0 Å². The topological polar surface area (TPSA) is 58.6 Å². The molecule has 0 radical (unpaired) electrons. The van der Waals surface area contributed by atoms with Crippen molar-refractivity contribution < 1.29 is 27.8 Å². The molecule has 88 valence electrons. The van der Waals surface area contributed by atoms with E-state index in [0.717, 1.165) is 0 Å². The van der Waals surface area contributed by atoms with Crippen molar-refractivity contribution >= 4 is 5.97 Å². The van der Waals surface area contributed by atoms with E-state index >= 15 is 0 Å². The molecule has 1 heterocycles. The maximum atomic E-state index is 12.0. The second-order valence-corrected chi connectivity index (χ2v) is 3.51. The predicted molar refractivity (Wildman–Crippen MR) is 44.5 cm³/mol. The van der Waals surface area contributed by atoms with Gasteiger partial charge in [-0.25, -0.2) is 0 Å². The third-order valence-corrected chi connectivity index (χ3v) is 2.54. The zero-order valence-corrected chi connectivity index (χ0v) is 8.10. The number of alkyl halides is 3. The number of carboxylic acid groups (broad SMARTS) is 1. The van der Waals surface area contributed by atoms with Crippen LogP contribution in [0, 0.1) is 0 Å². The van der Waals surface area contributed by atoms with E-state index in [1.807, 2.05) is 5.32 Å². The minimum absolute atomic E-state index is 0.0413. The highest BCUT2D eigenvalue weighted by molar-refractivity contribution is 5.80. The van der Waals surface area contributed by atoms with Crippen LogP contribution >= 0.6 is 0 Å². The number of rotatable bonds is 3. The summed E-state index contributed by atoms with van der Waals surface area (Å²) in [7, 11) is 0. The van der Waals surface area contributed by atoms with Crippen LogP contribution < -0.4 is 5.32 Å². The summed E-state index contributed by atoms with van der Waals surface area (Å²) in [6.45, 7) is 0.274. The number of hydrogen-bond donors (Lipinski definition) is 2. The van der Waals surface area contributed by atoms with Crippen LogP contribution in [-0.4, -0.2) is 42.0 Å². The third-order valence-electron chi connectivity index (χ3n) is 2.54. The fourth-order valence-electron chi connectivity index (χ4n) is 1.59. The van der Waals surface area contributed by atoms with E-state index in [2.05, 4.69) is 0 Å². The molecule has 0 aromatic rings. The molecule has 0 spiro atoms.